The smallest absolute Gasteiger partial charge is 0.422 e. The summed E-state index contributed by atoms with van der Waals surface area (Å²) in [6.45, 7) is 2.79. The van der Waals surface area contributed by atoms with Crippen molar-refractivity contribution in [3.8, 4) is 11.5 Å². The highest BCUT2D eigenvalue weighted by Gasteiger charge is 2.29. The zero-order valence-electron chi connectivity index (χ0n) is 17.4. The van der Waals surface area contributed by atoms with Gasteiger partial charge in [0.15, 0.2) is 16.4 Å². The van der Waals surface area contributed by atoms with Gasteiger partial charge in [0.2, 0.25) is 0 Å². The lowest BCUT2D eigenvalue weighted by atomic mass is 10.1. The van der Waals surface area contributed by atoms with Gasteiger partial charge < -0.3 is 14.4 Å². The van der Waals surface area contributed by atoms with Crippen molar-refractivity contribution in [2.45, 2.75) is 31.5 Å². The number of ether oxygens (including phenoxy) is 2. The van der Waals surface area contributed by atoms with Crippen LogP contribution in [0.5, 0.6) is 11.5 Å². The molecule has 0 aliphatic heterocycles. The van der Waals surface area contributed by atoms with Crippen LogP contribution in [0.1, 0.15) is 16.7 Å². The molecule has 0 saturated carbocycles. The highest BCUT2D eigenvalue weighted by Crippen LogP contribution is 2.27. The van der Waals surface area contributed by atoms with Crippen LogP contribution in [-0.4, -0.2) is 52.6 Å². The molecule has 2 aromatic rings. The molecule has 0 aliphatic rings. The molecule has 0 radical (unpaired) electrons. The number of rotatable bonds is 9. The summed E-state index contributed by atoms with van der Waals surface area (Å²) in [7, 11) is -0.206. The van der Waals surface area contributed by atoms with Gasteiger partial charge >= 0.3 is 6.18 Å². The van der Waals surface area contributed by atoms with Crippen LogP contribution in [-0.2, 0) is 16.4 Å². The van der Waals surface area contributed by atoms with Crippen molar-refractivity contribution in [2.24, 2.45) is 0 Å². The predicted molar refractivity (Wildman–Crippen MR) is 109 cm³/mol. The number of halogens is 3. The topological polar surface area (TPSA) is 55.8 Å². The van der Waals surface area contributed by atoms with Gasteiger partial charge in [0.05, 0.1) is 17.8 Å². The second-order valence-corrected chi connectivity index (χ2v) is 9.31. The molecule has 0 spiro atoms. The first-order valence-corrected chi connectivity index (χ1v) is 10.9. The van der Waals surface area contributed by atoms with Gasteiger partial charge in [-0.2, -0.15) is 13.2 Å². The fraction of sp³-hybridized carbons (Fsp3) is 0.429. The molecule has 0 unspecified atom stereocenters. The molecular formula is C21H26F3NO4S. The molecule has 0 bridgehead atoms. The normalized spacial score (nSPS) is 12.3. The Balaban J connectivity index is 2.01. The lowest BCUT2D eigenvalue weighted by Gasteiger charge is -2.19. The third-order valence-electron chi connectivity index (χ3n) is 4.49. The van der Waals surface area contributed by atoms with E-state index in [0.29, 0.717) is 30.0 Å². The molecule has 0 heterocycles. The van der Waals surface area contributed by atoms with Gasteiger partial charge in [0.1, 0.15) is 11.5 Å². The maximum Gasteiger partial charge on any atom is 0.422 e. The van der Waals surface area contributed by atoms with Gasteiger partial charge in [-0.3, -0.25) is 0 Å². The summed E-state index contributed by atoms with van der Waals surface area (Å²) >= 11 is 0. The Hall–Kier alpha value is -2.26. The summed E-state index contributed by atoms with van der Waals surface area (Å²) < 4.78 is 72.4. The molecule has 0 N–H and O–H groups in total. The molecule has 2 rings (SSSR count). The number of alkyl halides is 3. The van der Waals surface area contributed by atoms with E-state index in [-0.39, 0.29) is 16.4 Å². The molecular weight excluding hydrogens is 419 g/mol. The number of nitrogens with zero attached hydrogens (tertiary/aromatic N) is 1. The summed E-state index contributed by atoms with van der Waals surface area (Å²) in [5.41, 5.74) is 2.07. The first-order chi connectivity index (χ1) is 13.9. The van der Waals surface area contributed by atoms with E-state index < -0.39 is 22.6 Å². The van der Waals surface area contributed by atoms with Crippen LogP contribution in [0.2, 0.25) is 0 Å². The van der Waals surface area contributed by atoms with Crippen LogP contribution in [0, 0.1) is 13.8 Å². The highest BCUT2D eigenvalue weighted by molar-refractivity contribution is 7.91. The molecule has 0 atom stereocenters. The Labute approximate surface area is 175 Å². The van der Waals surface area contributed by atoms with Crippen molar-refractivity contribution >= 4 is 9.84 Å². The zero-order valence-corrected chi connectivity index (χ0v) is 18.2. The second-order valence-electron chi connectivity index (χ2n) is 7.20. The van der Waals surface area contributed by atoms with Crippen LogP contribution >= 0.6 is 0 Å². The molecule has 0 fully saturated rings. The van der Waals surface area contributed by atoms with Crippen molar-refractivity contribution in [2.75, 3.05) is 33.1 Å². The zero-order chi connectivity index (χ0) is 22.5. The fourth-order valence-corrected chi connectivity index (χ4v) is 4.46. The Bertz CT molecular complexity index is 951. The van der Waals surface area contributed by atoms with Crippen molar-refractivity contribution in [1.82, 2.24) is 4.90 Å². The summed E-state index contributed by atoms with van der Waals surface area (Å²) in [4.78, 5) is 2.05. The number of sulfone groups is 1. The van der Waals surface area contributed by atoms with E-state index in [0.717, 1.165) is 5.56 Å². The van der Waals surface area contributed by atoms with Gasteiger partial charge in [0, 0.05) is 13.1 Å². The standard InChI is InChI=1S/C21H26F3NO4S/c1-15-10-17(11-16(2)20(15)29-14-21(22,23)24)13-25(3)8-9-30(26,27)19-7-5-6-18(12-19)28-4/h5-7,10-12H,8-9,13-14H2,1-4H3. The van der Waals surface area contributed by atoms with Crippen molar-refractivity contribution < 1.29 is 31.1 Å². The molecule has 2 aromatic carbocycles. The first kappa shape index (κ1) is 24.0. The average molecular weight is 446 g/mol. The van der Waals surface area contributed by atoms with Gasteiger partial charge in [0.25, 0.3) is 0 Å². The quantitative estimate of drug-likeness (QED) is 0.580. The Kier molecular flexibility index (Phi) is 7.76. The van der Waals surface area contributed by atoms with E-state index in [1.807, 2.05) is 4.90 Å². The molecule has 9 heteroatoms. The average Bonchev–Trinajstić information content (AvgIpc) is 2.65. The summed E-state index contributed by atoms with van der Waals surface area (Å²) in [5, 5.41) is 0. The van der Waals surface area contributed by atoms with Gasteiger partial charge in [-0.15, -0.1) is 0 Å². The van der Waals surface area contributed by atoms with Crippen molar-refractivity contribution in [1.29, 1.82) is 0 Å². The van der Waals surface area contributed by atoms with Crippen molar-refractivity contribution in [3.63, 3.8) is 0 Å². The molecule has 0 aromatic heterocycles. The minimum absolute atomic E-state index is 0.0680. The highest BCUT2D eigenvalue weighted by atomic mass is 32.2. The van der Waals surface area contributed by atoms with Gasteiger partial charge in [-0.25, -0.2) is 8.42 Å². The lowest BCUT2D eigenvalue weighted by Crippen LogP contribution is -2.25. The third kappa shape index (κ3) is 6.91. The molecule has 0 aliphatic carbocycles. The number of methoxy groups -OCH3 is 1. The number of hydrogen-bond donors (Lipinski definition) is 0. The van der Waals surface area contributed by atoms with Crippen molar-refractivity contribution in [3.05, 3.63) is 53.1 Å². The molecule has 166 valence electrons. The number of benzene rings is 2. The third-order valence-corrected chi connectivity index (χ3v) is 6.19. The number of aryl methyl sites for hydroxylation is 2. The molecule has 0 saturated heterocycles. The number of hydrogen-bond acceptors (Lipinski definition) is 5. The Morgan fingerprint density at radius 3 is 2.27 bits per heavy atom. The Morgan fingerprint density at radius 2 is 1.70 bits per heavy atom. The van der Waals surface area contributed by atoms with E-state index in [2.05, 4.69) is 0 Å². The molecule has 5 nitrogen and oxygen atoms in total. The Morgan fingerprint density at radius 1 is 1.07 bits per heavy atom. The van der Waals surface area contributed by atoms with E-state index in [9.17, 15) is 21.6 Å². The van der Waals surface area contributed by atoms with Crippen LogP contribution in [0.4, 0.5) is 13.2 Å². The summed E-state index contributed by atoms with van der Waals surface area (Å²) in [5.74, 6) is 0.629. The van der Waals surface area contributed by atoms with Crippen LogP contribution in [0.15, 0.2) is 41.3 Å². The largest absolute Gasteiger partial charge is 0.497 e. The monoisotopic (exact) mass is 445 g/mol. The van der Waals surface area contributed by atoms with E-state index in [1.165, 1.54) is 19.2 Å². The summed E-state index contributed by atoms with van der Waals surface area (Å²) in [6.07, 6.45) is -4.40. The summed E-state index contributed by atoms with van der Waals surface area (Å²) in [6, 6.07) is 9.84. The second kappa shape index (κ2) is 9.70. The van der Waals surface area contributed by atoms with Crippen LogP contribution in [0.3, 0.4) is 0 Å². The first-order valence-electron chi connectivity index (χ1n) is 9.26. The fourth-order valence-electron chi connectivity index (χ4n) is 3.09. The molecule has 30 heavy (non-hydrogen) atoms. The van der Waals surface area contributed by atoms with E-state index >= 15 is 0 Å². The van der Waals surface area contributed by atoms with Gasteiger partial charge in [-0.1, -0.05) is 18.2 Å². The van der Waals surface area contributed by atoms with E-state index in [4.69, 9.17) is 9.47 Å². The maximum absolute atomic E-state index is 12.6. The minimum Gasteiger partial charge on any atom is -0.497 e. The van der Waals surface area contributed by atoms with Gasteiger partial charge in [-0.05, 0) is 55.8 Å². The molecule has 0 amide bonds. The van der Waals surface area contributed by atoms with Crippen LogP contribution in [0.25, 0.3) is 0 Å². The van der Waals surface area contributed by atoms with Crippen LogP contribution < -0.4 is 9.47 Å². The lowest BCUT2D eigenvalue weighted by molar-refractivity contribution is -0.153. The van der Waals surface area contributed by atoms with E-state index in [1.54, 1.807) is 45.2 Å². The maximum atomic E-state index is 12.6. The SMILES string of the molecule is COc1cccc(S(=O)(=O)CCN(C)Cc2cc(C)c(OCC(F)(F)F)c(C)c2)c1. The minimum atomic E-state index is -4.40. The predicted octanol–water partition coefficient (Wildman–Crippen LogP) is 4.16.